The van der Waals surface area contributed by atoms with Crippen LogP contribution in [0.25, 0.3) is 0 Å². The molecule has 0 aliphatic carbocycles. The summed E-state index contributed by atoms with van der Waals surface area (Å²) in [4.78, 5) is 15.0. The summed E-state index contributed by atoms with van der Waals surface area (Å²) in [5.74, 6) is 1.60. The van der Waals surface area contributed by atoms with Gasteiger partial charge in [0, 0.05) is 12.1 Å². The molecule has 24 heavy (non-hydrogen) atoms. The quantitative estimate of drug-likeness (QED) is 0.850. The Kier molecular flexibility index (Phi) is 5.04. The Morgan fingerprint density at radius 3 is 2.25 bits per heavy atom. The van der Waals surface area contributed by atoms with Gasteiger partial charge in [-0.3, -0.25) is 4.79 Å². The highest BCUT2D eigenvalue weighted by Crippen LogP contribution is 2.42. The number of hydrogen-bond acceptors (Lipinski definition) is 3. The Morgan fingerprint density at radius 2 is 1.62 bits per heavy atom. The van der Waals surface area contributed by atoms with Gasteiger partial charge in [-0.15, -0.1) is 0 Å². The van der Waals surface area contributed by atoms with Gasteiger partial charge in [0.25, 0.3) is 5.91 Å². The smallest absolute Gasteiger partial charge is 0.254 e. The molecule has 0 bridgehead atoms. The van der Waals surface area contributed by atoms with E-state index < -0.39 is 0 Å². The minimum atomic E-state index is -0.0300. The third kappa shape index (κ3) is 3.09. The lowest BCUT2D eigenvalue weighted by atomic mass is 9.93. The number of piperidine rings is 1. The molecule has 1 atom stereocenters. The van der Waals surface area contributed by atoms with Crippen LogP contribution in [0, 0.1) is 0 Å². The van der Waals surface area contributed by atoms with Gasteiger partial charge in [-0.1, -0.05) is 24.3 Å². The number of hydrogen-bond donors (Lipinski definition) is 0. The molecule has 1 amide bonds. The Bertz CT molecular complexity index is 677. The molecule has 0 N–H and O–H groups in total. The number of amides is 1. The number of carbonyl (C=O) groups is 1. The van der Waals surface area contributed by atoms with E-state index in [1.807, 2.05) is 53.4 Å². The number of benzene rings is 2. The van der Waals surface area contributed by atoms with Gasteiger partial charge in [-0.25, -0.2) is 0 Å². The summed E-state index contributed by atoms with van der Waals surface area (Å²) < 4.78 is 11.1. The molecule has 4 nitrogen and oxygen atoms in total. The second-order valence-corrected chi connectivity index (χ2v) is 5.95. The van der Waals surface area contributed by atoms with Crippen molar-refractivity contribution in [2.45, 2.75) is 25.3 Å². The van der Waals surface area contributed by atoms with Crippen LogP contribution in [0.2, 0.25) is 0 Å². The zero-order valence-corrected chi connectivity index (χ0v) is 14.2. The van der Waals surface area contributed by atoms with Crippen LogP contribution in [0.3, 0.4) is 0 Å². The molecule has 4 heteroatoms. The van der Waals surface area contributed by atoms with Gasteiger partial charge in [-0.05, 0) is 43.5 Å². The lowest BCUT2D eigenvalue weighted by Gasteiger charge is -2.37. The van der Waals surface area contributed by atoms with Crippen LogP contribution in [-0.4, -0.2) is 31.6 Å². The largest absolute Gasteiger partial charge is 0.496 e. The van der Waals surface area contributed by atoms with Crippen molar-refractivity contribution >= 4 is 5.91 Å². The van der Waals surface area contributed by atoms with Gasteiger partial charge in [0.2, 0.25) is 0 Å². The average Bonchev–Trinajstić information content (AvgIpc) is 2.67. The maximum Gasteiger partial charge on any atom is 0.254 e. The van der Waals surface area contributed by atoms with Crippen LogP contribution in [0.1, 0.15) is 41.2 Å². The Morgan fingerprint density at radius 1 is 0.958 bits per heavy atom. The SMILES string of the molecule is COc1cccc(OC)c1C1CCCCN1C(=O)c1ccccc1. The molecule has 1 unspecified atom stereocenters. The Labute approximate surface area is 143 Å². The van der Waals surface area contributed by atoms with Crippen LogP contribution in [0.15, 0.2) is 48.5 Å². The standard InChI is InChI=1S/C20H23NO3/c1-23-17-12-8-13-18(24-2)19(17)16-11-6-7-14-21(16)20(22)15-9-4-3-5-10-15/h3-5,8-10,12-13,16H,6-7,11,14H2,1-2H3. The van der Waals surface area contributed by atoms with Crippen molar-refractivity contribution in [3.63, 3.8) is 0 Å². The topological polar surface area (TPSA) is 38.8 Å². The molecule has 1 heterocycles. The summed E-state index contributed by atoms with van der Waals surface area (Å²) in [6, 6.07) is 15.2. The van der Waals surface area contributed by atoms with Crippen LogP contribution < -0.4 is 9.47 Å². The normalized spacial score (nSPS) is 17.4. The fourth-order valence-corrected chi connectivity index (χ4v) is 3.43. The average molecular weight is 325 g/mol. The molecule has 1 aliphatic heterocycles. The number of carbonyl (C=O) groups excluding carboxylic acids is 1. The molecule has 1 fully saturated rings. The van der Waals surface area contributed by atoms with E-state index in [4.69, 9.17) is 9.47 Å². The van der Waals surface area contributed by atoms with E-state index in [-0.39, 0.29) is 11.9 Å². The van der Waals surface area contributed by atoms with Crippen molar-refractivity contribution in [3.8, 4) is 11.5 Å². The highest BCUT2D eigenvalue weighted by molar-refractivity contribution is 5.94. The minimum Gasteiger partial charge on any atom is -0.496 e. The van der Waals surface area contributed by atoms with E-state index in [9.17, 15) is 4.79 Å². The molecule has 2 aromatic rings. The van der Waals surface area contributed by atoms with Crippen LogP contribution in [-0.2, 0) is 0 Å². The first-order chi connectivity index (χ1) is 11.8. The van der Waals surface area contributed by atoms with Crippen molar-refractivity contribution in [2.24, 2.45) is 0 Å². The van der Waals surface area contributed by atoms with Gasteiger partial charge in [0.05, 0.1) is 25.8 Å². The van der Waals surface area contributed by atoms with E-state index in [0.29, 0.717) is 0 Å². The second-order valence-electron chi connectivity index (χ2n) is 5.95. The molecular formula is C20H23NO3. The maximum absolute atomic E-state index is 13.0. The second kappa shape index (κ2) is 7.39. The molecular weight excluding hydrogens is 302 g/mol. The van der Waals surface area contributed by atoms with Gasteiger partial charge in [0.15, 0.2) is 0 Å². The third-order valence-corrected chi connectivity index (χ3v) is 4.58. The first-order valence-electron chi connectivity index (χ1n) is 8.33. The van der Waals surface area contributed by atoms with E-state index >= 15 is 0 Å². The Hall–Kier alpha value is -2.49. The van der Waals surface area contributed by atoms with Crippen LogP contribution in [0.5, 0.6) is 11.5 Å². The molecule has 0 aromatic heterocycles. The van der Waals surface area contributed by atoms with Crippen LogP contribution in [0.4, 0.5) is 0 Å². The molecule has 2 aromatic carbocycles. The van der Waals surface area contributed by atoms with Crippen molar-refractivity contribution in [2.75, 3.05) is 20.8 Å². The van der Waals surface area contributed by atoms with Crippen molar-refractivity contribution < 1.29 is 14.3 Å². The number of methoxy groups -OCH3 is 2. The summed E-state index contributed by atoms with van der Waals surface area (Å²) in [5, 5.41) is 0. The van der Waals surface area contributed by atoms with Crippen molar-refractivity contribution in [1.82, 2.24) is 4.90 Å². The predicted molar refractivity (Wildman–Crippen MR) is 93.6 cm³/mol. The van der Waals surface area contributed by atoms with Gasteiger partial charge >= 0.3 is 0 Å². The summed E-state index contributed by atoms with van der Waals surface area (Å²) in [6.45, 7) is 0.750. The van der Waals surface area contributed by atoms with Crippen LogP contribution >= 0.6 is 0 Å². The fraction of sp³-hybridized carbons (Fsp3) is 0.350. The molecule has 126 valence electrons. The van der Waals surface area contributed by atoms with Crippen molar-refractivity contribution in [3.05, 3.63) is 59.7 Å². The highest BCUT2D eigenvalue weighted by atomic mass is 16.5. The van der Waals surface area contributed by atoms with E-state index in [1.165, 1.54) is 0 Å². The van der Waals surface area contributed by atoms with Gasteiger partial charge < -0.3 is 14.4 Å². The minimum absolute atomic E-state index is 0.0300. The number of rotatable bonds is 4. The number of ether oxygens (including phenoxy) is 2. The third-order valence-electron chi connectivity index (χ3n) is 4.58. The molecule has 0 saturated carbocycles. The molecule has 1 aliphatic rings. The monoisotopic (exact) mass is 325 g/mol. The zero-order valence-electron chi connectivity index (χ0n) is 14.2. The molecule has 3 rings (SSSR count). The van der Waals surface area contributed by atoms with Gasteiger partial charge in [-0.2, -0.15) is 0 Å². The predicted octanol–water partition coefficient (Wildman–Crippen LogP) is 4.07. The molecule has 0 radical (unpaired) electrons. The summed E-state index contributed by atoms with van der Waals surface area (Å²) in [7, 11) is 3.31. The fourth-order valence-electron chi connectivity index (χ4n) is 3.43. The lowest BCUT2D eigenvalue weighted by Crippen LogP contribution is -2.38. The summed E-state index contributed by atoms with van der Waals surface area (Å²) >= 11 is 0. The summed E-state index contributed by atoms with van der Waals surface area (Å²) in [6.07, 6.45) is 3.02. The van der Waals surface area contributed by atoms with Gasteiger partial charge in [0.1, 0.15) is 11.5 Å². The van der Waals surface area contributed by atoms with Crippen molar-refractivity contribution in [1.29, 1.82) is 0 Å². The molecule has 1 saturated heterocycles. The lowest BCUT2D eigenvalue weighted by molar-refractivity contribution is 0.0605. The zero-order chi connectivity index (χ0) is 16.9. The van der Waals surface area contributed by atoms with E-state index in [1.54, 1.807) is 14.2 Å². The molecule has 0 spiro atoms. The number of likely N-dealkylation sites (tertiary alicyclic amines) is 1. The Balaban J connectivity index is 2.01. The maximum atomic E-state index is 13.0. The highest BCUT2D eigenvalue weighted by Gasteiger charge is 2.32. The first kappa shape index (κ1) is 16.4. The first-order valence-corrected chi connectivity index (χ1v) is 8.33. The van der Waals surface area contributed by atoms with E-state index in [0.717, 1.165) is 48.4 Å². The van der Waals surface area contributed by atoms with E-state index in [2.05, 4.69) is 0 Å². The number of nitrogens with zero attached hydrogens (tertiary/aromatic N) is 1. The summed E-state index contributed by atoms with van der Waals surface area (Å²) in [5.41, 5.74) is 1.68.